The molecular formula is C55H38N2S. The molecule has 11 rings (SSSR count). The fraction of sp³-hybridized carbons (Fsp3) is 0.0182. The topological polar surface area (TPSA) is 9.86 Å². The third kappa shape index (κ3) is 5.47. The van der Waals surface area contributed by atoms with Gasteiger partial charge in [-0.05, 0) is 119 Å². The third-order valence-electron chi connectivity index (χ3n) is 11.6. The zero-order chi connectivity index (χ0) is 38.7. The van der Waals surface area contributed by atoms with Gasteiger partial charge in [-0.25, -0.2) is 0 Å². The first-order chi connectivity index (χ1) is 28.7. The van der Waals surface area contributed by atoms with Crippen LogP contribution in [0, 0.1) is 0 Å². The van der Waals surface area contributed by atoms with Crippen molar-refractivity contribution in [3.05, 3.63) is 212 Å². The second-order valence-corrected chi connectivity index (χ2v) is 16.0. The smallest absolute Gasteiger partial charge is 0.0541 e. The van der Waals surface area contributed by atoms with E-state index in [1.807, 2.05) is 17.4 Å². The van der Waals surface area contributed by atoms with Gasteiger partial charge in [0, 0.05) is 53.1 Å². The van der Waals surface area contributed by atoms with Gasteiger partial charge in [0.25, 0.3) is 0 Å². The number of rotatable bonds is 7. The maximum Gasteiger partial charge on any atom is 0.0541 e. The maximum absolute atomic E-state index is 4.02. The van der Waals surface area contributed by atoms with Crippen molar-refractivity contribution in [1.82, 2.24) is 9.13 Å². The number of benzene rings is 8. The average molecular weight is 759 g/mol. The molecular weight excluding hydrogens is 721 g/mol. The number of fused-ring (bicyclic) bond motifs is 9. The van der Waals surface area contributed by atoms with Crippen molar-refractivity contribution in [1.29, 1.82) is 0 Å². The van der Waals surface area contributed by atoms with E-state index in [0.717, 1.165) is 16.8 Å². The van der Waals surface area contributed by atoms with Crippen molar-refractivity contribution in [2.45, 2.75) is 6.92 Å². The Hall–Kier alpha value is -7.20. The summed E-state index contributed by atoms with van der Waals surface area (Å²) < 4.78 is 7.50. The molecule has 0 unspecified atom stereocenters. The van der Waals surface area contributed by atoms with Crippen molar-refractivity contribution in [3.8, 4) is 33.6 Å². The lowest BCUT2D eigenvalue weighted by Crippen LogP contribution is -1.97. The Bertz CT molecular complexity index is 3480. The van der Waals surface area contributed by atoms with Crippen LogP contribution in [-0.2, 0) is 0 Å². The lowest BCUT2D eigenvalue weighted by atomic mass is 9.97. The molecule has 0 atom stereocenters. The Morgan fingerprint density at radius 2 is 1.03 bits per heavy atom. The van der Waals surface area contributed by atoms with Crippen LogP contribution in [0.4, 0.5) is 0 Å². The van der Waals surface area contributed by atoms with Gasteiger partial charge in [0.15, 0.2) is 0 Å². The quantitative estimate of drug-likeness (QED) is 0.143. The molecule has 0 saturated heterocycles. The normalized spacial score (nSPS) is 12.3. The van der Waals surface area contributed by atoms with E-state index >= 15 is 0 Å². The van der Waals surface area contributed by atoms with Crippen LogP contribution in [0.3, 0.4) is 0 Å². The fourth-order valence-electron chi connectivity index (χ4n) is 8.97. The van der Waals surface area contributed by atoms with Crippen LogP contribution in [0.5, 0.6) is 0 Å². The van der Waals surface area contributed by atoms with E-state index in [9.17, 15) is 0 Å². The Morgan fingerprint density at radius 1 is 0.448 bits per heavy atom. The summed E-state index contributed by atoms with van der Waals surface area (Å²) in [5.41, 5.74) is 14.1. The summed E-state index contributed by atoms with van der Waals surface area (Å²) >= 11 is 1.86. The lowest BCUT2D eigenvalue weighted by Gasteiger charge is -2.14. The van der Waals surface area contributed by atoms with Crippen LogP contribution in [0.25, 0.3) is 103 Å². The summed E-state index contributed by atoms with van der Waals surface area (Å²) in [7, 11) is 0. The highest BCUT2D eigenvalue weighted by atomic mass is 32.1. The first kappa shape index (κ1) is 34.1. The molecule has 0 aliphatic heterocycles. The highest BCUT2D eigenvalue weighted by Crippen LogP contribution is 2.41. The Kier molecular flexibility index (Phi) is 8.09. The third-order valence-corrected chi connectivity index (χ3v) is 12.7. The van der Waals surface area contributed by atoms with Crippen molar-refractivity contribution in [3.63, 3.8) is 0 Å². The molecule has 0 fully saturated rings. The summed E-state index contributed by atoms with van der Waals surface area (Å²) in [6, 6.07) is 64.8. The second-order valence-electron chi connectivity index (χ2n) is 14.9. The Morgan fingerprint density at radius 3 is 1.71 bits per heavy atom. The molecule has 0 bridgehead atoms. The number of hydrogen-bond donors (Lipinski definition) is 0. The Balaban J connectivity index is 1.08. The van der Waals surface area contributed by atoms with E-state index in [-0.39, 0.29) is 0 Å². The molecule has 0 radical (unpaired) electrons. The van der Waals surface area contributed by atoms with Gasteiger partial charge in [-0.3, -0.25) is 0 Å². The molecule has 3 aromatic heterocycles. The highest BCUT2D eigenvalue weighted by Gasteiger charge is 2.18. The molecule has 2 nitrogen and oxygen atoms in total. The van der Waals surface area contributed by atoms with Crippen molar-refractivity contribution in [2.24, 2.45) is 0 Å². The van der Waals surface area contributed by atoms with Crippen LogP contribution in [0.2, 0.25) is 0 Å². The summed E-state index contributed by atoms with van der Waals surface area (Å²) in [5, 5.41) is 7.59. The zero-order valence-electron chi connectivity index (χ0n) is 32.1. The largest absolute Gasteiger partial charge is 0.309 e. The van der Waals surface area contributed by atoms with Crippen molar-refractivity contribution < 1.29 is 0 Å². The zero-order valence-corrected chi connectivity index (χ0v) is 32.9. The molecule has 11 aromatic rings. The van der Waals surface area contributed by atoms with Gasteiger partial charge in [0.2, 0.25) is 0 Å². The predicted octanol–water partition coefficient (Wildman–Crippen LogP) is 15.7. The van der Waals surface area contributed by atoms with Crippen molar-refractivity contribution >= 4 is 80.7 Å². The Labute approximate surface area is 341 Å². The van der Waals surface area contributed by atoms with E-state index in [1.165, 1.54) is 91.7 Å². The number of nitrogens with zero attached hydrogens (tertiary/aromatic N) is 2. The molecule has 8 aromatic carbocycles. The van der Waals surface area contributed by atoms with Gasteiger partial charge in [-0.2, -0.15) is 0 Å². The minimum absolute atomic E-state index is 1.12. The predicted molar refractivity (Wildman–Crippen MR) is 252 cm³/mol. The molecule has 0 amide bonds. The average Bonchev–Trinajstić information content (AvgIpc) is 3.93. The molecule has 3 heterocycles. The SMILES string of the molecule is C=C/C=C(\C=C/C)c1cc(-c2ccccc2)cc(-n2c3ccccc3c3cc(-c4ccc5c(c4)c4ccccc4n5-c4ccc5sc6ccccc6c5c4)ccc32)c1. The number of aromatic nitrogens is 2. The van der Waals surface area contributed by atoms with Crippen LogP contribution >= 0.6 is 11.3 Å². The summed E-state index contributed by atoms with van der Waals surface area (Å²) in [6.07, 6.45) is 8.20. The van der Waals surface area contributed by atoms with Crippen LogP contribution in [0.15, 0.2) is 207 Å². The molecule has 0 N–H and O–H groups in total. The molecule has 274 valence electrons. The lowest BCUT2D eigenvalue weighted by molar-refractivity contribution is 1.18. The highest BCUT2D eigenvalue weighted by molar-refractivity contribution is 7.25. The first-order valence-corrected chi connectivity index (χ1v) is 20.6. The summed E-state index contributed by atoms with van der Waals surface area (Å²) in [5.74, 6) is 0. The minimum atomic E-state index is 1.12. The second kappa shape index (κ2) is 13.8. The summed E-state index contributed by atoms with van der Waals surface area (Å²) in [6.45, 7) is 6.08. The molecule has 0 saturated carbocycles. The number of thiophene rings is 1. The molecule has 58 heavy (non-hydrogen) atoms. The maximum atomic E-state index is 4.02. The minimum Gasteiger partial charge on any atom is -0.309 e. The van der Waals surface area contributed by atoms with Crippen LogP contribution in [0.1, 0.15) is 12.5 Å². The van der Waals surface area contributed by atoms with Gasteiger partial charge in [-0.15, -0.1) is 11.3 Å². The first-order valence-electron chi connectivity index (χ1n) is 19.8. The summed E-state index contributed by atoms with van der Waals surface area (Å²) in [4.78, 5) is 0. The number of para-hydroxylation sites is 2. The number of allylic oxidation sites excluding steroid dienone is 5. The molecule has 0 aliphatic carbocycles. The van der Waals surface area contributed by atoms with E-state index in [1.54, 1.807) is 0 Å². The van der Waals surface area contributed by atoms with Gasteiger partial charge >= 0.3 is 0 Å². The fourth-order valence-corrected chi connectivity index (χ4v) is 10.1. The van der Waals surface area contributed by atoms with Gasteiger partial charge in [0.1, 0.15) is 0 Å². The van der Waals surface area contributed by atoms with Gasteiger partial charge in [-0.1, -0.05) is 128 Å². The number of hydrogen-bond acceptors (Lipinski definition) is 1. The van der Waals surface area contributed by atoms with Gasteiger partial charge < -0.3 is 9.13 Å². The van der Waals surface area contributed by atoms with Crippen LogP contribution in [-0.4, -0.2) is 9.13 Å². The van der Waals surface area contributed by atoms with Crippen LogP contribution < -0.4 is 0 Å². The molecule has 0 spiro atoms. The van der Waals surface area contributed by atoms with E-state index in [2.05, 4.69) is 217 Å². The van der Waals surface area contributed by atoms with Crippen molar-refractivity contribution in [2.75, 3.05) is 0 Å². The molecule has 0 aliphatic rings. The monoisotopic (exact) mass is 758 g/mol. The van der Waals surface area contributed by atoms with E-state index in [0.29, 0.717) is 0 Å². The standard InChI is InChI=1S/C55H38N2S/c1-3-14-36(15-4-2)40-30-41(37-16-6-5-7-17-37)32-43(31-40)57-51-22-12-9-19-45(51)48-34-39(25-28-53(48)57)38-24-27-52-47(33-38)44-18-8-11-21-50(44)56(52)42-26-29-55-49(35-42)46-20-10-13-23-54(46)58-55/h3-35H,1H2,2H3/b15-4-,36-14+. The van der Waals surface area contributed by atoms with Gasteiger partial charge in [0.05, 0.1) is 22.1 Å². The van der Waals surface area contributed by atoms with E-state index < -0.39 is 0 Å². The van der Waals surface area contributed by atoms with E-state index in [4.69, 9.17) is 0 Å². The molecule has 3 heteroatoms.